The number of hydrogen-bond acceptors (Lipinski definition) is 9. The molecule has 3 N–H and O–H groups in total. The van der Waals surface area contributed by atoms with Crippen molar-refractivity contribution in [3.05, 3.63) is 66.2 Å². The van der Waals surface area contributed by atoms with Gasteiger partial charge in [0.25, 0.3) is 5.91 Å². The molecule has 0 aliphatic heterocycles. The predicted octanol–water partition coefficient (Wildman–Crippen LogP) is 1.69. The Labute approximate surface area is 197 Å². The van der Waals surface area contributed by atoms with Crippen molar-refractivity contribution < 1.29 is 19.0 Å². The summed E-state index contributed by atoms with van der Waals surface area (Å²) in [6.07, 6.45) is 3.03. The highest BCUT2D eigenvalue weighted by molar-refractivity contribution is 6.40. The van der Waals surface area contributed by atoms with Crippen molar-refractivity contribution >= 4 is 38.5 Å². The number of nitrogens with zero attached hydrogens (tertiary/aromatic N) is 4. The quantitative estimate of drug-likeness (QED) is 0.402. The van der Waals surface area contributed by atoms with Gasteiger partial charge < -0.3 is 25.3 Å². The lowest BCUT2D eigenvalue weighted by Crippen LogP contribution is -2.48. The van der Waals surface area contributed by atoms with Crippen molar-refractivity contribution in [3.63, 3.8) is 0 Å². The van der Waals surface area contributed by atoms with Crippen LogP contribution in [0, 0.1) is 0 Å². The number of para-hydroxylation sites is 1. The van der Waals surface area contributed by atoms with Gasteiger partial charge in [0.15, 0.2) is 5.75 Å². The SMILES string of the molecule is [B]C([B])(NC(=O)c1nc(N)nc2c(OC)cccc12)c1cccc(Oc2cncc(OC)c2)n1. The molecule has 0 atom stereocenters. The maximum absolute atomic E-state index is 13.1. The maximum Gasteiger partial charge on any atom is 0.270 e. The summed E-state index contributed by atoms with van der Waals surface area (Å²) in [6, 6.07) is 11.5. The number of nitrogens with two attached hydrogens (primary N) is 1. The lowest BCUT2D eigenvalue weighted by Gasteiger charge is -2.27. The number of fused-ring (bicyclic) bond motifs is 1. The van der Waals surface area contributed by atoms with E-state index in [1.165, 1.54) is 26.6 Å². The lowest BCUT2D eigenvalue weighted by atomic mass is 9.59. The van der Waals surface area contributed by atoms with Crippen LogP contribution >= 0.6 is 0 Å². The van der Waals surface area contributed by atoms with Crippen molar-refractivity contribution in [2.75, 3.05) is 20.0 Å². The average Bonchev–Trinajstić information content (AvgIpc) is 2.83. The number of carbonyl (C=O) groups excluding carboxylic acids is 1. The summed E-state index contributed by atoms with van der Waals surface area (Å²) < 4.78 is 16.1. The number of nitrogen functional groups attached to an aromatic ring is 1. The van der Waals surface area contributed by atoms with E-state index in [0.29, 0.717) is 28.2 Å². The van der Waals surface area contributed by atoms with Gasteiger partial charge in [-0.2, -0.15) is 0 Å². The minimum atomic E-state index is -1.87. The molecule has 4 radical (unpaired) electrons. The first-order valence-electron chi connectivity index (χ1n) is 9.95. The minimum Gasteiger partial charge on any atom is -0.495 e. The van der Waals surface area contributed by atoms with Gasteiger partial charge in [0, 0.05) is 22.9 Å². The molecule has 0 saturated carbocycles. The highest BCUT2D eigenvalue weighted by Crippen LogP contribution is 2.27. The molecule has 10 nitrogen and oxygen atoms in total. The number of hydrogen-bond donors (Lipinski definition) is 2. The Balaban J connectivity index is 1.61. The van der Waals surface area contributed by atoms with Crippen molar-refractivity contribution in [2.45, 2.75) is 5.34 Å². The smallest absolute Gasteiger partial charge is 0.270 e. The third-order valence-electron chi connectivity index (χ3n) is 4.76. The fraction of sp³-hybridized carbons (Fsp3) is 0.136. The molecular weight excluding hydrogens is 434 g/mol. The van der Waals surface area contributed by atoms with Crippen LogP contribution in [-0.4, -0.2) is 55.8 Å². The molecule has 4 aromatic rings. The van der Waals surface area contributed by atoms with Crippen LogP contribution in [0.25, 0.3) is 10.9 Å². The van der Waals surface area contributed by atoms with Crippen LogP contribution in [0.1, 0.15) is 16.2 Å². The summed E-state index contributed by atoms with van der Waals surface area (Å²) >= 11 is 0. The Morgan fingerprint density at radius 1 is 1.00 bits per heavy atom. The van der Waals surface area contributed by atoms with Crippen LogP contribution in [0.4, 0.5) is 5.95 Å². The molecule has 34 heavy (non-hydrogen) atoms. The summed E-state index contributed by atoms with van der Waals surface area (Å²) in [5, 5.41) is 1.08. The number of methoxy groups -OCH3 is 2. The summed E-state index contributed by atoms with van der Waals surface area (Å²) in [6.45, 7) is 0. The Morgan fingerprint density at radius 2 is 1.76 bits per heavy atom. The maximum atomic E-state index is 13.1. The van der Waals surface area contributed by atoms with E-state index in [2.05, 4.69) is 25.3 Å². The lowest BCUT2D eigenvalue weighted by molar-refractivity contribution is 0.0938. The molecule has 0 unspecified atom stereocenters. The molecule has 0 aliphatic carbocycles. The van der Waals surface area contributed by atoms with Crippen molar-refractivity contribution in [1.82, 2.24) is 25.3 Å². The number of anilines is 1. The first-order valence-corrected chi connectivity index (χ1v) is 9.95. The molecule has 166 valence electrons. The van der Waals surface area contributed by atoms with Gasteiger partial charge in [-0.3, -0.25) is 9.78 Å². The van der Waals surface area contributed by atoms with E-state index >= 15 is 0 Å². The standard InChI is InChI=1S/C22H18B2N6O4/c1-32-12-9-13(11-26-10-12)34-17-8-4-7-16(27-17)22(23,24)30-20(31)19-14-5-3-6-15(33-2)18(14)28-21(25)29-19/h3-11H,1-2H3,(H,30,31)(H2,25,28,29). The molecular formula is C22H18B2N6O4. The van der Waals surface area contributed by atoms with Crippen LogP contribution in [0.3, 0.4) is 0 Å². The summed E-state index contributed by atoms with van der Waals surface area (Å²) in [7, 11) is 15.4. The van der Waals surface area contributed by atoms with Crippen LogP contribution in [0.5, 0.6) is 23.1 Å². The fourth-order valence-corrected chi connectivity index (χ4v) is 3.18. The normalized spacial score (nSPS) is 11.1. The largest absolute Gasteiger partial charge is 0.495 e. The van der Waals surface area contributed by atoms with Crippen LogP contribution in [-0.2, 0) is 5.34 Å². The zero-order valence-electron chi connectivity index (χ0n) is 18.4. The second-order valence-electron chi connectivity index (χ2n) is 7.13. The highest BCUT2D eigenvalue weighted by Gasteiger charge is 2.27. The third kappa shape index (κ3) is 4.70. The molecule has 0 spiro atoms. The third-order valence-corrected chi connectivity index (χ3v) is 4.76. The van der Waals surface area contributed by atoms with Gasteiger partial charge in [0.1, 0.15) is 22.7 Å². The van der Waals surface area contributed by atoms with E-state index < -0.39 is 11.2 Å². The van der Waals surface area contributed by atoms with E-state index in [1.807, 2.05) is 0 Å². The number of benzene rings is 1. The first kappa shape index (κ1) is 22.8. The van der Waals surface area contributed by atoms with Gasteiger partial charge in [-0.15, -0.1) is 0 Å². The number of rotatable bonds is 7. The van der Waals surface area contributed by atoms with Gasteiger partial charge in [0.05, 0.1) is 48.0 Å². The second-order valence-corrected chi connectivity index (χ2v) is 7.13. The van der Waals surface area contributed by atoms with Gasteiger partial charge in [0.2, 0.25) is 11.8 Å². The molecule has 0 saturated heterocycles. The minimum absolute atomic E-state index is 0.0171. The number of nitrogens with one attached hydrogen (secondary N) is 1. The van der Waals surface area contributed by atoms with Crippen molar-refractivity contribution in [2.24, 2.45) is 0 Å². The monoisotopic (exact) mass is 452 g/mol. The molecule has 12 heteroatoms. The number of carbonyl (C=O) groups is 1. The van der Waals surface area contributed by atoms with E-state index in [9.17, 15) is 4.79 Å². The molecule has 1 amide bonds. The van der Waals surface area contributed by atoms with E-state index in [1.54, 1.807) is 42.5 Å². The molecule has 1 aromatic carbocycles. The van der Waals surface area contributed by atoms with Gasteiger partial charge in [-0.1, -0.05) is 18.2 Å². The average molecular weight is 452 g/mol. The Kier molecular flexibility index (Phi) is 6.22. The summed E-state index contributed by atoms with van der Waals surface area (Å²) in [4.78, 5) is 29.7. The summed E-state index contributed by atoms with van der Waals surface area (Å²) in [5.41, 5.74) is 6.31. The van der Waals surface area contributed by atoms with Gasteiger partial charge >= 0.3 is 0 Å². The van der Waals surface area contributed by atoms with Crippen LogP contribution in [0.15, 0.2) is 54.9 Å². The van der Waals surface area contributed by atoms with Crippen LogP contribution in [0.2, 0.25) is 0 Å². The molecule has 0 fully saturated rings. The fourth-order valence-electron chi connectivity index (χ4n) is 3.18. The highest BCUT2D eigenvalue weighted by atomic mass is 16.5. The topological polar surface area (TPSA) is 134 Å². The Morgan fingerprint density at radius 3 is 2.53 bits per heavy atom. The number of aromatic nitrogens is 4. The molecule has 4 rings (SSSR count). The molecule has 0 bridgehead atoms. The Bertz CT molecular complexity index is 1370. The van der Waals surface area contributed by atoms with Gasteiger partial charge in [-0.05, 0) is 12.1 Å². The number of amides is 1. The zero-order chi connectivity index (χ0) is 24.3. The number of ether oxygens (including phenoxy) is 3. The summed E-state index contributed by atoms with van der Waals surface area (Å²) in [5.74, 6) is 0.740. The second kappa shape index (κ2) is 9.26. The number of pyridine rings is 2. The van der Waals surface area contributed by atoms with Gasteiger partial charge in [-0.25, -0.2) is 15.0 Å². The van der Waals surface area contributed by atoms with E-state index in [0.717, 1.165) is 0 Å². The molecule has 3 aromatic heterocycles. The Hall–Kier alpha value is -4.34. The van der Waals surface area contributed by atoms with E-state index in [4.69, 9.17) is 35.6 Å². The van der Waals surface area contributed by atoms with Crippen LogP contribution < -0.4 is 25.3 Å². The first-order chi connectivity index (χ1) is 16.3. The zero-order valence-corrected chi connectivity index (χ0v) is 18.4. The van der Waals surface area contributed by atoms with E-state index in [-0.39, 0.29) is 23.2 Å². The van der Waals surface area contributed by atoms with Crippen molar-refractivity contribution in [3.8, 4) is 23.1 Å². The molecule has 0 aliphatic rings. The predicted molar refractivity (Wildman–Crippen MR) is 126 cm³/mol. The van der Waals surface area contributed by atoms with Crippen molar-refractivity contribution in [1.29, 1.82) is 0 Å². The molecule has 3 heterocycles.